The van der Waals surface area contributed by atoms with Gasteiger partial charge < -0.3 is 25.8 Å². The summed E-state index contributed by atoms with van der Waals surface area (Å²) in [6.45, 7) is 1.60. The predicted octanol–water partition coefficient (Wildman–Crippen LogP) is 5.14. The summed E-state index contributed by atoms with van der Waals surface area (Å²) in [6, 6.07) is 13.5. The molecule has 212 valence electrons. The topological polar surface area (TPSA) is 130 Å². The van der Waals surface area contributed by atoms with Gasteiger partial charge >= 0.3 is 12.1 Å². The number of hydrogen-bond donors (Lipinski definition) is 4. The van der Waals surface area contributed by atoms with Crippen LogP contribution in [0.15, 0.2) is 60.8 Å². The first-order chi connectivity index (χ1) is 18.9. The second-order valence-corrected chi connectivity index (χ2v) is 8.76. The number of pyridine rings is 1. The quantitative estimate of drug-likeness (QED) is 0.296. The van der Waals surface area contributed by atoms with Crippen LogP contribution < -0.4 is 20.7 Å². The van der Waals surface area contributed by atoms with E-state index in [4.69, 9.17) is 26.2 Å². The van der Waals surface area contributed by atoms with Gasteiger partial charge in [0.15, 0.2) is 0 Å². The van der Waals surface area contributed by atoms with Crippen molar-refractivity contribution in [2.75, 3.05) is 23.7 Å². The van der Waals surface area contributed by atoms with Crippen molar-refractivity contribution in [3.8, 4) is 5.75 Å². The Kier molecular flexibility index (Phi) is 10.4. The van der Waals surface area contributed by atoms with Gasteiger partial charge in [0.2, 0.25) is 0 Å². The highest BCUT2D eigenvalue weighted by atomic mass is 35.5. The minimum Gasteiger partial charge on any atom is -0.489 e. The van der Waals surface area contributed by atoms with Crippen molar-refractivity contribution in [3.05, 3.63) is 82.8 Å². The zero-order valence-corrected chi connectivity index (χ0v) is 21.4. The molecule has 4 N–H and O–H groups in total. The molecule has 1 aliphatic heterocycles. The lowest BCUT2D eigenvalue weighted by Crippen LogP contribution is -2.34. The Morgan fingerprint density at radius 1 is 0.975 bits per heavy atom. The number of piperidine rings is 1. The van der Waals surface area contributed by atoms with Gasteiger partial charge in [-0.2, -0.15) is 13.2 Å². The minimum atomic E-state index is -5.08. The maximum Gasteiger partial charge on any atom is 0.490 e. The lowest BCUT2D eigenvalue weighted by molar-refractivity contribution is -0.192. The number of halogens is 5. The zero-order valence-electron chi connectivity index (χ0n) is 20.6. The number of para-hydroxylation sites is 1. The fraction of sp³-hybridized carbons (Fsp3) is 0.231. The van der Waals surface area contributed by atoms with Gasteiger partial charge in [-0.15, -0.1) is 0 Å². The third kappa shape index (κ3) is 8.92. The molecule has 0 spiro atoms. The molecule has 0 unspecified atom stereocenters. The Morgan fingerprint density at radius 2 is 1.62 bits per heavy atom. The average molecular weight is 583 g/mol. The molecule has 1 aliphatic rings. The van der Waals surface area contributed by atoms with Crippen molar-refractivity contribution in [2.45, 2.75) is 25.1 Å². The van der Waals surface area contributed by atoms with E-state index in [1.807, 2.05) is 0 Å². The molecule has 40 heavy (non-hydrogen) atoms. The number of alkyl halides is 3. The van der Waals surface area contributed by atoms with Gasteiger partial charge in [-0.25, -0.2) is 14.2 Å². The summed E-state index contributed by atoms with van der Waals surface area (Å²) in [6.07, 6.45) is -2.24. The van der Waals surface area contributed by atoms with Crippen molar-refractivity contribution in [2.24, 2.45) is 0 Å². The summed E-state index contributed by atoms with van der Waals surface area (Å²) in [4.78, 5) is 38.8. The van der Waals surface area contributed by atoms with Crippen molar-refractivity contribution in [1.82, 2.24) is 10.3 Å². The predicted molar refractivity (Wildman–Crippen MR) is 138 cm³/mol. The number of aromatic nitrogens is 1. The zero-order chi connectivity index (χ0) is 29.3. The molecule has 9 nitrogen and oxygen atoms in total. The van der Waals surface area contributed by atoms with Crippen LogP contribution in [0.3, 0.4) is 0 Å². The number of carboxylic acid groups (broad SMARTS) is 1. The summed E-state index contributed by atoms with van der Waals surface area (Å²) in [5.74, 6) is -3.72. The average Bonchev–Trinajstić information content (AvgIpc) is 2.90. The summed E-state index contributed by atoms with van der Waals surface area (Å²) < 4.78 is 51.6. The first-order valence-electron chi connectivity index (χ1n) is 11.7. The Balaban J connectivity index is 0.000000559. The van der Waals surface area contributed by atoms with E-state index in [1.165, 1.54) is 24.4 Å². The van der Waals surface area contributed by atoms with Crippen molar-refractivity contribution < 1.29 is 41.8 Å². The molecular weight excluding hydrogens is 560 g/mol. The van der Waals surface area contributed by atoms with E-state index in [0.717, 1.165) is 25.9 Å². The van der Waals surface area contributed by atoms with Crippen LogP contribution in [0.25, 0.3) is 0 Å². The Hall–Kier alpha value is -4.23. The first-order valence-corrected chi connectivity index (χ1v) is 12.1. The van der Waals surface area contributed by atoms with Crippen LogP contribution in [0.1, 0.15) is 33.6 Å². The smallest absolute Gasteiger partial charge is 0.489 e. The number of rotatable bonds is 6. The molecule has 4 rings (SSSR count). The fourth-order valence-electron chi connectivity index (χ4n) is 3.49. The number of hydrogen-bond acceptors (Lipinski definition) is 6. The summed E-state index contributed by atoms with van der Waals surface area (Å²) >= 11 is 5.83. The maximum atomic E-state index is 13.9. The lowest BCUT2D eigenvalue weighted by Gasteiger charge is -2.25. The van der Waals surface area contributed by atoms with Crippen LogP contribution in [-0.4, -0.2) is 53.2 Å². The van der Waals surface area contributed by atoms with Gasteiger partial charge in [-0.3, -0.25) is 9.59 Å². The van der Waals surface area contributed by atoms with Crippen molar-refractivity contribution in [1.29, 1.82) is 0 Å². The molecule has 3 aromatic rings. The van der Waals surface area contributed by atoms with E-state index in [0.29, 0.717) is 16.5 Å². The maximum absolute atomic E-state index is 13.9. The number of carbonyl (C=O) groups excluding carboxylic acids is 2. The molecular formula is C26H23ClF4N4O5. The van der Waals surface area contributed by atoms with Crippen LogP contribution in [-0.2, 0) is 4.79 Å². The van der Waals surface area contributed by atoms with Crippen LogP contribution in [0.4, 0.5) is 29.1 Å². The van der Waals surface area contributed by atoms with E-state index in [1.54, 1.807) is 36.4 Å². The first kappa shape index (κ1) is 30.3. The molecule has 0 saturated carbocycles. The van der Waals surface area contributed by atoms with Crippen molar-refractivity contribution >= 4 is 40.9 Å². The Bertz CT molecular complexity index is 1350. The number of amides is 2. The molecule has 0 bridgehead atoms. The summed E-state index contributed by atoms with van der Waals surface area (Å²) in [5, 5.41) is 16.2. The lowest BCUT2D eigenvalue weighted by atomic mass is 10.1. The number of carbonyl (C=O) groups is 3. The highest BCUT2D eigenvalue weighted by molar-refractivity contribution is 6.30. The highest BCUT2D eigenvalue weighted by Gasteiger charge is 2.38. The van der Waals surface area contributed by atoms with Gasteiger partial charge in [0.1, 0.15) is 23.5 Å². The van der Waals surface area contributed by atoms with Crippen molar-refractivity contribution in [3.63, 3.8) is 0 Å². The number of aliphatic carboxylic acids is 1. The monoisotopic (exact) mass is 582 g/mol. The molecule has 2 amide bonds. The molecule has 0 radical (unpaired) electrons. The number of nitrogens with one attached hydrogen (secondary N) is 3. The number of benzene rings is 2. The van der Waals surface area contributed by atoms with Crippen LogP contribution in [0.5, 0.6) is 5.75 Å². The van der Waals surface area contributed by atoms with Gasteiger partial charge in [0, 0.05) is 12.3 Å². The van der Waals surface area contributed by atoms with Gasteiger partial charge in [0.05, 0.1) is 21.8 Å². The molecule has 1 fully saturated rings. The molecule has 1 aromatic heterocycles. The van der Waals surface area contributed by atoms with Crippen LogP contribution >= 0.6 is 11.6 Å². The second-order valence-electron chi connectivity index (χ2n) is 8.33. The minimum absolute atomic E-state index is 0.107. The highest BCUT2D eigenvalue weighted by Crippen LogP contribution is 2.26. The normalized spacial score (nSPS) is 13.4. The van der Waals surface area contributed by atoms with E-state index in [2.05, 4.69) is 20.9 Å². The third-order valence-electron chi connectivity index (χ3n) is 5.40. The van der Waals surface area contributed by atoms with E-state index in [-0.39, 0.29) is 23.0 Å². The SMILES string of the molecule is O=C(Nc1ccc(Cl)cn1)c1ccccc1NC(=O)c1ccc(F)cc1OC1CCNCC1.O=C(O)C(F)(F)F. The van der Waals surface area contributed by atoms with E-state index in [9.17, 15) is 27.2 Å². The fourth-order valence-corrected chi connectivity index (χ4v) is 3.60. The summed E-state index contributed by atoms with van der Waals surface area (Å²) in [5.41, 5.74) is 0.723. The van der Waals surface area contributed by atoms with Crippen LogP contribution in [0.2, 0.25) is 5.02 Å². The largest absolute Gasteiger partial charge is 0.490 e. The molecule has 2 heterocycles. The van der Waals surface area contributed by atoms with E-state index >= 15 is 0 Å². The molecule has 2 aromatic carbocycles. The van der Waals surface area contributed by atoms with Gasteiger partial charge in [-0.05, 0) is 62.3 Å². The number of anilines is 2. The number of nitrogens with zero attached hydrogens (tertiary/aromatic N) is 1. The second kappa shape index (κ2) is 13.7. The summed E-state index contributed by atoms with van der Waals surface area (Å²) in [7, 11) is 0. The van der Waals surface area contributed by atoms with Crippen LogP contribution in [0, 0.1) is 5.82 Å². The number of ether oxygens (including phenoxy) is 1. The Labute approximate surface area is 230 Å². The Morgan fingerprint density at radius 3 is 2.25 bits per heavy atom. The molecule has 1 saturated heterocycles. The number of carboxylic acids is 1. The molecule has 14 heteroatoms. The van der Waals surface area contributed by atoms with E-state index < -0.39 is 29.8 Å². The van der Waals surface area contributed by atoms with Gasteiger partial charge in [-0.1, -0.05) is 23.7 Å². The third-order valence-corrected chi connectivity index (χ3v) is 5.62. The molecule has 0 aliphatic carbocycles. The standard InChI is InChI=1S/C24H22ClFN4O3.C2HF3O2/c25-15-5-8-22(28-14-15)30-23(31)18-3-1-2-4-20(18)29-24(32)19-7-6-16(26)13-21(19)33-17-9-11-27-12-10-17;3-2(4,5)1(6)7/h1-8,13-14,17,27H,9-12H2,(H,29,32)(H,28,30,31);(H,6,7). The molecule has 0 atom stereocenters. The van der Waals surface area contributed by atoms with Gasteiger partial charge in [0.25, 0.3) is 11.8 Å².